The number of rotatable bonds is 5. The summed E-state index contributed by atoms with van der Waals surface area (Å²) in [5.74, 6) is -1.39. The Labute approximate surface area is 117 Å². The van der Waals surface area contributed by atoms with Crippen LogP contribution < -0.4 is 0 Å². The maximum absolute atomic E-state index is 12.0. The van der Waals surface area contributed by atoms with Gasteiger partial charge in [-0.3, -0.25) is 4.79 Å². The van der Waals surface area contributed by atoms with E-state index in [2.05, 4.69) is 4.98 Å². The van der Waals surface area contributed by atoms with E-state index in [1.165, 1.54) is 13.8 Å². The summed E-state index contributed by atoms with van der Waals surface area (Å²) >= 11 is 0. The highest BCUT2D eigenvalue weighted by Gasteiger charge is 2.25. The van der Waals surface area contributed by atoms with Gasteiger partial charge < -0.3 is 14.5 Å². The zero-order valence-electron chi connectivity index (χ0n) is 12.3. The number of carbonyl (C=O) groups is 3. The van der Waals surface area contributed by atoms with Crippen molar-refractivity contribution < 1.29 is 23.9 Å². The molecule has 1 N–H and O–H groups in total. The Morgan fingerprint density at radius 1 is 1.20 bits per heavy atom. The van der Waals surface area contributed by atoms with Gasteiger partial charge in [-0.15, -0.1) is 0 Å². The summed E-state index contributed by atoms with van der Waals surface area (Å²) in [6.07, 6.45) is -0.817. The molecule has 6 nitrogen and oxygen atoms in total. The van der Waals surface area contributed by atoms with Gasteiger partial charge >= 0.3 is 11.9 Å². The molecule has 0 fully saturated rings. The number of aryl methyl sites for hydroxylation is 1. The minimum Gasteiger partial charge on any atom is -0.461 e. The van der Waals surface area contributed by atoms with Gasteiger partial charge in [-0.1, -0.05) is 0 Å². The Morgan fingerprint density at radius 2 is 1.80 bits per heavy atom. The van der Waals surface area contributed by atoms with Crippen LogP contribution in [0.4, 0.5) is 0 Å². The lowest BCUT2D eigenvalue weighted by Gasteiger charge is -2.10. The Balaban J connectivity index is 3.05. The van der Waals surface area contributed by atoms with Crippen LogP contribution in [0.2, 0.25) is 0 Å². The molecule has 0 unspecified atom stereocenters. The van der Waals surface area contributed by atoms with Crippen molar-refractivity contribution in [1.29, 1.82) is 0 Å². The number of nitrogens with one attached hydrogen (secondary N) is 1. The first kappa shape index (κ1) is 15.9. The predicted molar refractivity (Wildman–Crippen MR) is 71.8 cm³/mol. The summed E-state index contributed by atoms with van der Waals surface area (Å²) in [5.41, 5.74) is 1.46. The molecule has 1 rings (SSSR count). The first-order valence-electron chi connectivity index (χ1n) is 6.37. The maximum Gasteiger partial charge on any atom is 0.355 e. The summed E-state index contributed by atoms with van der Waals surface area (Å²) in [6.45, 7) is 8.09. The van der Waals surface area contributed by atoms with Crippen molar-refractivity contribution in [2.45, 2.75) is 40.7 Å². The van der Waals surface area contributed by atoms with E-state index < -0.39 is 18.0 Å². The molecule has 0 aliphatic rings. The van der Waals surface area contributed by atoms with Crippen molar-refractivity contribution in [3.63, 3.8) is 0 Å². The molecular weight excluding hydrogens is 262 g/mol. The summed E-state index contributed by atoms with van der Waals surface area (Å²) in [4.78, 5) is 37.7. The number of aromatic amines is 1. The third-order valence-electron chi connectivity index (χ3n) is 2.98. The second-order valence-electron chi connectivity index (χ2n) is 4.50. The largest absolute Gasteiger partial charge is 0.461 e. The average Bonchev–Trinajstić information content (AvgIpc) is 2.64. The third kappa shape index (κ3) is 3.26. The van der Waals surface area contributed by atoms with Crippen molar-refractivity contribution in [2.75, 3.05) is 6.61 Å². The molecule has 0 saturated heterocycles. The van der Waals surface area contributed by atoms with Crippen LogP contribution in [-0.2, 0) is 14.3 Å². The SMILES string of the molecule is CCOC(=O)c1[nH]c(C)c(C(=O)O[C@@H](C)C(C)=O)c1C. The standard InChI is InChI=1S/C14H19NO5/c1-6-19-14(18)12-7(2)11(8(3)15-12)13(17)20-10(5)9(4)16/h10,15H,6H2,1-5H3/t10-/m0/s1. The fraction of sp³-hybridized carbons (Fsp3) is 0.500. The van der Waals surface area contributed by atoms with E-state index in [1.54, 1.807) is 20.8 Å². The van der Waals surface area contributed by atoms with E-state index in [4.69, 9.17) is 9.47 Å². The van der Waals surface area contributed by atoms with E-state index in [1.807, 2.05) is 0 Å². The molecule has 0 amide bonds. The number of carbonyl (C=O) groups excluding carboxylic acids is 3. The van der Waals surface area contributed by atoms with Crippen molar-refractivity contribution in [2.24, 2.45) is 0 Å². The van der Waals surface area contributed by atoms with Gasteiger partial charge in [0, 0.05) is 5.69 Å². The normalized spacial score (nSPS) is 11.8. The molecule has 1 aromatic heterocycles. The number of esters is 2. The first-order chi connectivity index (χ1) is 9.29. The summed E-state index contributed by atoms with van der Waals surface area (Å²) in [6, 6.07) is 0. The summed E-state index contributed by atoms with van der Waals surface area (Å²) < 4.78 is 9.95. The van der Waals surface area contributed by atoms with Gasteiger partial charge in [0.05, 0.1) is 12.2 Å². The molecule has 1 aromatic rings. The van der Waals surface area contributed by atoms with Crippen LogP contribution in [0, 0.1) is 13.8 Å². The topological polar surface area (TPSA) is 85.5 Å². The zero-order chi connectivity index (χ0) is 15.4. The highest BCUT2D eigenvalue weighted by atomic mass is 16.5. The van der Waals surface area contributed by atoms with Crippen LogP contribution in [0.5, 0.6) is 0 Å². The molecule has 20 heavy (non-hydrogen) atoms. The van der Waals surface area contributed by atoms with Crippen molar-refractivity contribution in [3.05, 3.63) is 22.5 Å². The van der Waals surface area contributed by atoms with Crippen LogP contribution in [0.3, 0.4) is 0 Å². The number of hydrogen-bond donors (Lipinski definition) is 1. The fourth-order valence-corrected chi connectivity index (χ4v) is 1.77. The third-order valence-corrected chi connectivity index (χ3v) is 2.98. The van der Waals surface area contributed by atoms with E-state index in [9.17, 15) is 14.4 Å². The fourth-order valence-electron chi connectivity index (χ4n) is 1.77. The molecule has 0 radical (unpaired) electrons. The molecule has 0 aliphatic heterocycles. The number of ketones is 1. The summed E-state index contributed by atoms with van der Waals surface area (Å²) in [7, 11) is 0. The Morgan fingerprint density at radius 3 is 2.30 bits per heavy atom. The van der Waals surface area contributed by atoms with E-state index in [-0.39, 0.29) is 23.6 Å². The van der Waals surface area contributed by atoms with Gasteiger partial charge in [-0.05, 0) is 40.2 Å². The average molecular weight is 281 g/mol. The zero-order valence-corrected chi connectivity index (χ0v) is 12.3. The summed E-state index contributed by atoms with van der Waals surface area (Å²) in [5, 5.41) is 0. The highest BCUT2D eigenvalue weighted by Crippen LogP contribution is 2.20. The minimum absolute atomic E-state index is 0.228. The molecule has 0 aromatic carbocycles. The number of hydrogen-bond acceptors (Lipinski definition) is 5. The van der Waals surface area contributed by atoms with Crippen molar-refractivity contribution in [1.82, 2.24) is 4.98 Å². The number of Topliss-reactive ketones (excluding diaryl/α,β-unsaturated/α-hetero) is 1. The van der Waals surface area contributed by atoms with Crippen LogP contribution in [0.15, 0.2) is 0 Å². The molecule has 110 valence electrons. The lowest BCUT2D eigenvalue weighted by Crippen LogP contribution is -2.22. The van der Waals surface area contributed by atoms with Crippen LogP contribution in [0.25, 0.3) is 0 Å². The molecule has 0 bridgehead atoms. The van der Waals surface area contributed by atoms with E-state index in [0.717, 1.165) is 0 Å². The highest BCUT2D eigenvalue weighted by molar-refractivity contribution is 5.99. The Bertz CT molecular complexity index is 544. The molecule has 1 heterocycles. The quantitative estimate of drug-likeness (QED) is 0.834. The monoisotopic (exact) mass is 281 g/mol. The van der Waals surface area contributed by atoms with Gasteiger partial charge in [0.15, 0.2) is 11.9 Å². The van der Waals surface area contributed by atoms with Gasteiger partial charge in [0.2, 0.25) is 0 Å². The number of aromatic nitrogens is 1. The first-order valence-corrected chi connectivity index (χ1v) is 6.37. The van der Waals surface area contributed by atoms with Crippen molar-refractivity contribution in [3.8, 4) is 0 Å². The molecule has 6 heteroatoms. The molecular formula is C14H19NO5. The smallest absolute Gasteiger partial charge is 0.355 e. The lowest BCUT2D eigenvalue weighted by atomic mass is 10.1. The van der Waals surface area contributed by atoms with Gasteiger partial charge in [-0.2, -0.15) is 0 Å². The lowest BCUT2D eigenvalue weighted by molar-refractivity contribution is -0.124. The van der Waals surface area contributed by atoms with Crippen LogP contribution in [-0.4, -0.2) is 35.4 Å². The molecule has 0 spiro atoms. The second kappa shape index (κ2) is 6.36. The minimum atomic E-state index is -0.817. The number of ether oxygens (including phenoxy) is 2. The predicted octanol–water partition coefficient (Wildman–Crippen LogP) is 1.94. The maximum atomic E-state index is 12.0. The van der Waals surface area contributed by atoms with E-state index >= 15 is 0 Å². The number of H-pyrrole nitrogens is 1. The van der Waals surface area contributed by atoms with Crippen LogP contribution in [0.1, 0.15) is 52.9 Å². The van der Waals surface area contributed by atoms with Gasteiger partial charge in [0.25, 0.3) is 0 Å². The molecule has 0 saturated carbocycles. The molecule has 1 atom stereocenters. The molecule has 0 aliphatic carbocycles. The van der Waals surface area contributed by atoms with Crippen LogP contribution >= 0.6 is 0 Å². The van der Waals surface area contributed by atoms with E-state index in [0.29, 0.717) is 11.3 Å². The van der Waals surface area contributed by atoms with Gasteiger partial charge in [-0.25, -0.2) is 9.59 Å². The second-order valence-corrected chi connectivity index (χ2v) is 4.50. The van der Waals surface area contributed by atoms with Crippen molar-refractivity contribution >= 4 is 17.7 Å². The Hall–Kier alpha value is -2.11. The van der Waals surface area contributed by atoms with Gasteiger partial charge in [0.1, 0.15) is 5.69 Å². The Kier molecular flexibility index (Phi) is 5.07.